The predicted octanol–water partition coefficient (Wildman–Crippen LogP) is 3.24. The Hall–Kier alpha value is -1.66. The quantitative estimate of drug-likeness (QED) is 0.769. The smallest absolute Gasteiger partial charge is 0.0991 e. The third-order valence-electron chi connectivity index (χ3n) is 2.15. The van der Waals surface area contributed by atoms with E-state index in [9.17, 15) is 0 Å². The van der Waals surface area contributed by atoms with Gasteiger partial charge in [0.1, 0.15) is 0 Å². The lowest BCUT2D eigenvalue weighted by Crippen LogP contribution is -1.74. The number of nitrogens with zero attached hydrogens (tertiary/aromatic N) is 2. The summed E-state index contributed by atoms with van der Waals surface area (Å²) in [5.74, 6) is 0. The van der Waals surface area contributed by atoms with E-state index in [1.165, 1.54) is 0 Å². The molecule has 0 atom stereocenters. The lowest BCUT2D eigenvalue weighted by molar-refractivity contribution is 1.09. The number of rotatable bonds is 2. The van der Waals surface area contributed by atoms with E-state index in [-0.39, 0.29) is 0 Å². The monoisotopic (exact) mass is 214 g/mol. The number of aryl methyl sites for hydroxylation is 1. The highest BCUT2D eigenvalue weighted by Crippen LogP contribution is 2.26. The SMILES string of the molecule is CCc1ncc(-c2ccc(C#N)cc2)s1. The number of nitriles is 1. The summed E-state index contributed by atoms with van der Waals surface area (Å²) in [6.07, 6.45) is 2.87. The Bertz CT molecular complexity index is 491. The largest absolute Gasteiger partial charge is 0.249 e. The molecule has 0 amide bonds. The normalized spacial score (nSPS) is 9.87. The third-order valence-corrected chi connectivity index (χ3v) is 3.35. The number of thiazole rings is 1. The molecule has 1 heterocycles. The van der Waals surface area contributed by atoms with Gasteiger partial charge in [0, 0.05) is 6.20 Å². The number of hydrogen-bond donors (Lipinski definition) is 0. The summed E-state index contributed by atoms with van der Waals surface area (Å²) in [5.41, 5.74) is 1.82. The molecule has 1 aromatic heterocycles. The minimum Gasteiger partial charge on any atom is -0.249 e. The van der Waals surface area contributed by atoms with Crippen molar-refractivity contribution >= 4 is 11.3 Å². The summed E-state index contributed by atoms with van der Waals surface area (Å²) in [7, 11) is 0. The Morgan fingerprint density at radius 1 is 1.33 bits per heavy atom. The van der Waals surface area contributed by atoms with Gasteiger partial charge in [-0.15, -0.1) is 11.3 Å². The highest BCUT2D eigenvalue weighted by atomic mass is 32.1. The van der Waals surface area contributed by atoms with Crippen LogP contribution >= 0.6 is 11.3 Å². The fourth-order valence-corrected chi connectivity index (χ4v) is 2.18. The highest BCUT2D eigenvalue weighted by Gasteiger charge is 2.02. The van der Waals surface area contributed by atoms with Crippen molar-refractivity contribution in [3.63, 3.8) is 0 Å². The van der Waals surface area contributed by atoms with Crippen molar-refractivity contribution in [2.45, 2.75) is 13.3 Å². The van der Waals surface area contributed by atoms with Crippen molar-refractivity contribution in [1.82, 2.24) is 4.98 Å². The molecular weight excluding hydrogens is 204 g/mol. The van der Waals surface area contributed by atoms with Crippen molar-refractivity contribution in [3.8, 4) is 16.5 Å². The van der Waals surface area contributed by atoms with Gasteiger partial charge < -0.3 is 0 Å². The minimum absolute atomic E-state index is 0.694. The summed E-state index contributed by atoms with van der Waals surface area (Å²) in [4.78, 5) is 5.47. The van der Waals surface area contributed by atoms with Crippen LogP contribution in [0.15, 0.2) is 30.5 Å². The van der Waals surface area contributed by atoms with Crippen LogP contribution in [-0.2, 0) is 6.42 Å². The van der Waals surface area contributed by atoms with E-state index in [1.807, 2.05) is 30.5 Å². The molecule has 2 nitrogen and oxygen atoms in total. The molecule has 0 saturated heterocycles. The van der Waals surface area contributed by atoms with Gasteiger partial charge in [-0.25, -0.2) is 4.98 Å². The molecule has 0 saturated carbocycles. The maximum Gasteiger partial charge on any atom is 0.0991 e. The molecule has 2 aromatic rings. The van der Waals surface area contributed by atoms with Gasteiger partial charge in [0.15, 0.2) is 0 Å². The third kappa shape index (κ3) is 2.05. The summed E-state index contributed by atoms with van der Waals surface area (Å²) >= 11 is 1.71. The van der Waals surface area contributed by atoms with Gasteiger partial charge in [-0.3, -0.25) is 0 Å². The van der Waals surface area contributed by atoms with Crippen LogP contribution in [0.3, 0.4) is 0 Å². The molecule has 74 valence electrons. The number of aromatic nitrogens is 1. The van der Waals surface area contributed by atoms with E-state index in [0.717, 1.165) is 21.9 Å². The molecule has 1 aromatic carbocycles. The van der Waals surface area contributed by atoms with E-state index >= 15 is 0 Å². The van der Waals surface area contributed by atoms with E-state index in [4.69, 9.17) is 5.26 Å². The van der Waals surface area contributed by atoms with E-state index in [1.54, 1.807) is 11.3 Å². The van der Waals surface area contributed by atoms with Gasteiger partial charge in [0.25, 0.3) is 0 Å². The maximum atomic E-state index is 8.68. The molecule has 0 aliphatic rings. The summed E-state index contributed by atoms with van der Waals surface area (Å²) in [6, 6.07) is 9.71. The first kappa shape index (κ1) is 9.88. The zero-order chi connectivity index (χ0) is 10.7. The molecule has 0 spiro atoms. The molecule has 3 heteroatoms. The molecule has 2 rings (SSSR count). The van der Waals surface area contributed by atoms with Crippen LogP contribution in [0.2, 0.25) is 0 Å². The Balaban J connectivity index is 2.33. The standard InChI is InChI=1S/C12H10N2S/c1-2-12-14-8-11(15-12)10-5-3-9(7-13)4-6-10/h3-6,8H,2H2,1H3. The summed E-state index contributed by atoms with van der Waals surface area (Å²) in [5, 5.41) is 9.83. The number of hydrogen-bond acceptors (Lipinski definition) is 3. The Kier molecular flexibility index (Phi) is 2.79. The van der Waals surface area contributed by atoms with Crippen LogP contribution in [0.25, 0.3) is 10.4 Å². The van der Waals surface area contributed by atoms with E-state index in [2.05, 4.69) is 18.0 Å². The lowest BCUT2D eigenvalue weighted by atomic mass is 10.1. The average molecular weight is 214 g/mol. The van der Waals surface area contributed by atoms with Gasteiger partial charge in [-0.2, -0.15) is 5.26 Å². The molecule has 0 aliphatic heterocycles. The molecule has 0 N–H and O–H groups in total. The van der Waals surface area contributed by atoms with Gasteiger partial charge in [-0.1, -0.05) is 19.1 Å². The zero-order valence-electron chi connectivity index (χ0n) is 8.40. The highest BCUT2D eigenvalue weighted by molar-refractivity contribution is 7.15. The fourth-order valence-electron chi connectivity index (χ4n) is 1.32. The van der Waals surface area contributed by atoms with Crippen LogP contribution in [0.5, 0.6) is 0 Å². The van der Waals surface area contributed by atoms with Crippen LogP contribution < -0.4 is 0 Å². The van der Waals surface area contributed by atoms with Gasteiger partial charge in [0.05, 0.1) is 21.5 Å². The van der Waals surface area contributed by atoms with Crippen LogP contribution in [0, 0.1) is 11.3 Å². The first-order chi connectivity index (χ1) is 7.33. The number of benzene rings is 1. The Morgan fingerprint density at radius 3 is 2.60 bits per heavy atom. The van der Waals surface area contributed by atoms with E-state index < -0.39 is 0 Å². The molecular formula is C12H10N2S. The molecule has 0 fully saturated rings. The van der Waals surface area contributed by atoms with Crippen molar-refractivity contribution in [3.05, 3.63) is 41.0 Å². The Labute approximate surface area is 92.8 Å². The van der Waals surface area contributed by atoms with Crippen molar-refractivity contribution in [2.24, 2.45) is 0 Å². The van der Waals surface area contributed by atoms with Gasteiger partial charge in [-0.05, 0) is 24.1 Å². The zero-order valence-corrected chi connectivity index (χ0v) is 9.21. The molecule has 15 heavy (non-hydrogen) atoms. The van der Waals surface area contributed by atoms with Crippen LogP contribution in [0.1, 0.15) is 17.5 Å². The van der Waals surface area contributed by atoms with Crippen LogP contribution in [-0.4, -0.2) is 4.98 Å². The summed E-state index contributed by atoms with van der Waals surface area (Å²) in [6.45, 7) is 2.10. The second-order valence-corrected chi connectivity index (χ2v) is 4.28. The van der Waals surface area contributed by atoms with Gasteiger partial charge >= 0.3 is 0 Å². The maximum absolute atomic E-state index is 8.68. The van der Waals surface area contributed by atoms with Crippen molar-refractivity contribution < 1.29 is 0 Å². The first-order valence-electron chi connectivity index (χ1n) is 4.78. The van der Waals surface area contributed by atoms with Crippen molar-refractivity contribution in [1.29, 1.82) is 5.26 Å². The molecule has 0 bridgehead atoms. The molecule has 0 radical (unpaired) electrons. The predicted molar refractivity (Wildman–Crippen MR) is 61.6 cm³/mol. The summed E-state index contributed by atoms with van der Waals surface area (Å²) < 4.78 is 0. The van der Waals surface area contributed by atoms with Gasteiger partial charge in [0.2, 0.25) is 0 Å². The van der Waals surface area contributed by atoms with Crippen molar-refractivity contribution in [2.75, 3.05) is 0 Å². The van der Waals surface area contributed by atoms with Crippen LogP contribution in [0.4, 0.5) is 0 Å². The first-order valence-corrected chi connectivity index (χ1v) is 5.60. The second-order valence-electron chi connectivity index (χ2n) is 3.16. The molecule has 0 unspecified atom stereocenters. The Morgan fingerprint density at radius 2 is 2.07 bits per heavy atom. The minimum atomic E-state index is 0.694. The lowest BCUT2D eigenvalue weighted by Gasteiger charge is -1.95. The topological polar surface area (TPSA) is 36.7 Å². The molecule has 0 aliphatic carbocycles. The fraction of sp³-hybridized carbons (Fsp3) is 0.167. The second kappa shape index (κ2) is 4.24. The average Bonchev–Trinajstić information content (AvgIpc) is 2.78. The van der Waals surface area contributed by atoms with E-state index in [0.29, 0.717) is 5.56 Å².